The Kier molecular flexibility index (Phi) is 8.07. The molecule has 0 saturated heterocycles. The van der Waals surface area contributed by atoms with Crippen molar-refractivity contribution in [2.75, 3.05) is 5.88 Å². The zero-order valence-corrected chi connectivity index (χ0v) is 11.3. The summed E-state index contributed by atoms with van der Waals surface area (Å²) in [7, 11) is 0. The number of alkyl halides is 1. The molecule has 0 rings (SSSR count). The average molecular weight is 255 g/mol. The zero-order valence-electron chi connectivity index (χ0n) is 6.49. The maximum atomic E-state index is 5.68. The number of rotatable bonds is 5. The van der Waals surface area contributed by atoms with Gasteiger partial charge in [0, 0.05) is 0 Å². The van der Waals surface area contributed by atoms with E-state index in [1.807, 2.05) is 0 Å². The molecule has 0 aliphatic carbocycles. The second kappa shape index (κ2) is 7.20. The molecule has 0 spiro atoms. The van der Waals surface area contributed by atoms with Gasteiger partial charge in [-0.3, -0.25) is 0 Å². The van der Waals surface area contributed by atoms with Gasteiger partial charge in [0.1, 0.15) is 0 Å². The monoisotopic (exact) mass is 256 g/mol. The standard InChI is InChI=1S/C4H9.C3H6Cl.Sn.2H/c1-3-4-2;1-2-3-4;;;/h1,3-4H2,2H3;2H,3H2,1H3;;;. The fourth-order valence-corrected chi connectivity index (χ4v) is 6.54. The van der Waals surface area contributed by atoms with Crippen molar-refractivity contribution in [3.8, 4) is 0 Å². The van der Waals surface area contributed by atoms with E-state index in [0.29, 0.717) is 0 Å². The normalized spacial score (nSPS) is 15.0. The minimum atomic E-state index is -0.376. The van der Waals surface area contributed by atoms with Crippen LogP contribution >= 0.6 is 11.6 Å². The van der Waals surface area contributed by atoms with E-state index >= 15 is 0 Å². The van der Waals surface area contributed by atoms with E-state index in [9.17, 15) is 0 Å². The van der Waals surface area contributed by atoms with Gasteiger partial charge in [0.2, 0.25) is 0 Å². The van der Waals surface area contributed by atoms with Gasteiger partial charge in [-0.15, -0.1) is 0 Å². The Morgan fingerprint density at radius 3 is 2.67 bits per heavy atom. The van der Waals surface area contributed by atoms with Crippen LogP contribution in [-0.2, 0) is 0 Å². The van der Waals surface area contributed by atoms with Gasteiger partial charge in [-0.2, -0.15) is 0 Å². The third-order valence-electron chi connectivity index (χ3n) is 1.56. The first kappa shape index (κ1) is 10.1. The van der Waals surface area contributed by atoms with Crippen molar-refractivity contribution in [2.45, 2.75) is 35.1 Å². The van der Waals surface area contributed by atoms with Gasteiger partial charge in [-0.05, 0) is 0 Å². The Morgan fingerprint density at radius 1 is 1.56 bits per heavy atom. The number of hydrogen-bond donors (Lipinski definition) is 0. The number of halogens is 1. The summed E-state index contributed by atoms with van der Waals surface area (Å²) >= 11 is 5.31. The third-order valence-corrected chi connectivity index (χ3v) is 9.36. The summed E-state index contributed by atoms with van der Waals surface area (Å²) in [4.78, 5) is 0. The van der Waals surface area contributed by atoms with Crippen LogP contribution in [0.1, 0.15) is 26.7 Å². The van der Waals surface area contributed by atoms with Crippen LogP contribution < -0.4 is 0 Å². The molecule has 0 aromatic carbocycles. The maximum absolute atomic E-state index is 5.68. The van der Waals surface area contributed by atoms with Crippen LogP contribution in [-0.4, -0.2) is 27.0 Å². The first-order valence-corrected chi connectivity index (χ1v) is 9.59. The van der Waals surface area contributed by atoms with Crippen molar-refractivity contribution in [1.29, 1.82) is 0 Å². The fraction of sp³-hybridized carbons (Fsp3) is 1.00. The molecule has 0 aliphatic heterocycles. The molecular formula is C7H17ClSn. The van der Waals surface area contributed by atoms with Gasteiger partial charge in [0.25, 0.3) is 0 Å². The molecule has 0 aromatic rings. The van der Waals surface area contributed by atoms with E-state index in [4.69, 9.17) is 11.6 Å². The van der Waals surface area contributed by atoms with Crippen molar-refractivity contribution in [2.24, 2.45) is 0 Å². The van der Waals surface area contributed by atoms with Crippen molar-refractivity contribution < 1.29 is 0 Å². The molecule has 1 unspecified atom stereocenters. The van der Waals surface area contributed by atoms with Gasteiger partial charge >= 0.3 is 73.7 Å². The topological polar surface area (TPSA) is 0 Å². The molecule has 0 amide bonds. The predicted molar refractivity (Wildman–Crippen MR) is 48.4 cm³/mol. The molecule has 0 bridgehead atoms. The predicted octanol–water partition coefficient (Wildman–Crippen LogP) is 2.42. The zero-order chi connectivity index (χ0) is 7.11. The molecule has 0 aromatic heterocycles. The van der Waals surface area contributed by atoms with Crippen LogP contribution in [0.15, 0.2) is 0 Å². The SMILES string of the molecule is CCC[CH2][SnH2][CH](C)CCl. The minimum absolute atomic E-state index is 0.376. The van der Waals surface area contributed by atoms with Gasteiger partial charge in [0.15, 0.2) is 0 Å². The van der Waals surface area contributed by atoms with Crippen molar-refractivity contribution in [3.63, 3.8) is 0 Å². The Balaban J connectivity index is 2.88. The summed E-state index contributed by atoms with van der Waals surface area (Å²) in [5, 5.41) is 0. The van der Waals surface area contributed by atoms with E-state index in [0.717, 1.165) is 9.81 Å². The Hall–Kier alpha value is 1.09. The van der Waals surface area contributed by atoms with E-state index in [1.165, 1.54) is 12.8 Å². The number of hydrogen-bond acceptors (Lipinski definition) is 0. The molecular weight excluding hydrogens is 238 g/mol. The summed E-state index contributed by atoms with van der Waals surface area (Å²) in [5.74, 6) is 0.916. The summed E-state index contributed by atoms with van der Waals surface area (Å²) in [6, 6.07) is 0. The molecule has 0 saturated carbocycles. The van der Waals surface area contributed by atoms with Gasteiger partial charge in [-0.25, -0.2) is 0 Å². The Labute approximate surface area is 73.6 Å². The van der Waals surface area contributed by atoms with Gasteiger partial charge in [0.05, 0.1) is 0 Å². The molecule has 0 radical (unpaired) electrons. The Morgan fingerprint density at radius 2 is 2.22 bits per heavy atom. The molecule has 1 atom stereocenters. The van der Waals surface area contributed by atoms with E-state index in [1.54, 1.807) is 4.44 Å². The molecule has 0 nitrogen and oxygen atoms in total. The molecule has 56 valence electrons. The van der Waals surface area contributed by atoms with Crippen LogP contribution in [0.3, 0.4) is 0 Å². The molecule has 0 aliphatic rings. The summed E-state index contributed by atoms with van der Waals surface area (Å²) < 4.78 is 2.49. The van der Waals surface area contributed by atoms with E-state index in [-0.39, 0.29) is 21.1 Å². The first-order valence-electron chi connectivity index (χ1n) is 3.87. The summed E-state index contributed by atoms with van der Waals surface area (Å²) in [6.07, 6.45) is 2.82. The number of unbranched alkanes of at least 4 members (excludes halogenated alkanes) is 1. The van der Waals surface area contributed by atoms with E-state index in [2.05, 4.69) is 13.8 Å². The van der Waals surface area contributed by atoms with Crippen LogP contribution in [0.2, 0.25) is 8.37 Å². The first-order chi connectivity index (χ1) is 4.31. The second-order valence-corrected chi connectivity index (χ2v) is 10.7. The van der Waals surface area contributed by atoms with Gasteiger partial charge < -0.3 is 0 Å². The molecule has 9 heavy (non-hydrogen) atoms. The molecule has 2 heteroatoms. The summed E-state index contributed by atoms with van der Waals surface area (Å²) in [6.45, 7) is 4.57. The fourth-order valence-electron chi connectivity index (χ4n) is 0.820. The van der Waals surface area contributed by atoms with Crippen LogP contribution in [0.4, 0.5) is 0 Å². The third kappa shape index (κ3) is 6.98. The molecule has 0 heterocycles. The quantitative estimate of drug-likeness (QED) is 0.402. The van der Waals surface area contributed by atoms with Crippen LogP contribution in [0.5, 0.6) is 0 Å². The van der Waals surface area contributed by atoms with Crippen molar-refractivity contribution in [3.05, 3.63) is 0 Å². The molecule has 0 N–H and O–H groups in total. The average Bonchev–Trinajstić information content (AvgIpc) is 1.89. The van der Waals surface area contributed by atoms with Crippen molar-refractivity contribution >= 4 is 32.7 Å². The van der Waals surface area contributed by atoms with Crippen molar-refractivity contribution in [1.82, 2.24) is 0 Å². The van der Waals surface area contributed by atoms with E-state index < -0.39 is 0 Å². The second-order valence-electron chi connectivity index (χ2n) is 2.76. The summed E-state index contributed by atoms with van der Waals surface area (Å²) in [5.41, 5.74) is 0. The van der Waals surface area contributed by atoms with Crippen LogP contribution in [0, 0.1) is 0 Å². The molecule has 0 fully saturated rings. The Bertz CT molecular complexity index is 56.9. The van der Waals surface area contributed by atoms with Gasteiger partial charge in [-0.1, -0.05) is 0 Å². The van der Waals surface area contributed by atoms with Crippen LogP contribution in [0.25, 0.3) is 0 Å².